The third-order valence-corrected chi connectivity index (χ3v) is 5.75. The van der Waals surface area contributed by atoms with E-state index in [2.05, 4.69) is 43.4 Å². The van der Waals surface area contributed by atoms with Crippen molar-refractivity contribution in [2.24, 2.45) is 10.7 Å². The zero-order valence-electron chi connectivity index (χ0n) is 11.6. The number of anilines is 1. The first kappa shape index (κ1) is 14.5. The van der Waals surface area contributed by atoms with Crippen LogP contribution in [-0.4, -0.2) is 17.5 Å². The Kier molecular flexibility index (Phi) is 4.26. The second kappa shape index (κ2) is 6.15. The van der Waals surface area contributed by atoms with Crippen molar-refractivity contribution in [1.29, 1.82) is 0 Å². The molecule has 2 aromatic heterocycles. The maximum absolute atomic E-state index is 5.97. The second-order valence-electron chi connectivity index (χ2n) is 5.28. The van der Waals surface area contributed by atoms with Crippen LogP contribution >= 0.6 is 27.3 Å². The largest absolute Gasteiger partial charge is 0.370 e. The third-order valence-electron chi connectivity index (χ3n) is 3.88. The van der Waals surface area contributed by atoms with E-state index in [1.54, 1.807) is 17.5 Å². The average Bonchev–Trinajstić information content (AvgIpc) is 2.86. The molecule has 0 unspecified atom stereocenters. The molecule has 6 heteroatoms. The maximum Gasteiger partial charge on any atom is 0.194 e. The van der Waals surface area contributed by atoms with Crippen LogP contribution in [0.15, 0.2) is 45.3 Å². The number of hydrogen-bond acceptors (Lipinski definition) is 3. The summed E-state index contributed by atoms with van der Waals surface area (Å²) in [5, 5.41) is 3.03. The summed E-state index contributed by atoms with van der Waals surface area (Å²) >= 11 is 5.34. The van der Waals surface area contributed by atoms with Crippen LogP contribution in [0.1, 0.15) is 24.1 Å². The molecule has 0 aliphatic heterocycles. The second-order valence-corrected chi connectivity index (χ2v) is 7.74. The van der Waals surface area contributed by atoms with Crippen molar-refractivity contribution in [2.45, 2.75) is 24.7 Å². The number of nitrogens with two attached hydrogens (primary N) is 1. The van der Waals surface area contributed by atoms with E-state index in [0.29, 0.717) is 5.96 Å². The standard InChI is InChI=1S/C15H17BrN4S/c16-12-6-5-11(21-12)15(7-3-8-15)10-19-14(17)20-13-4-1-2-9-18-13/h1-2,4-6,9H,3,7-8,10H2,(H3,17,18,19,20). The fourth-order valence-electron chi connectivity index (χ4n) is 2.53. The lowest BCUT2D eigenvalue weighted by molar-refractivity contribution is 0.259. The van der Waals surface area contributed by atoms with Crippen LogP contribution in [-0.2, 0) is 5.41 Å². The van der Waals surface area contributed by atoms with Gasteiger partial charge >= 0.3 is 0 Å². The number of guanidine groups is 1. The molecule has 0 aromatic carbocycles. The Morgan fingerprint density at radius 3 is 2.81 bits per heavy atom. The van der Waals surface area contributed by atoms with Crippen molar-refractivity contribution < 1.29 is 0 Å². The molecule has 1 saturated carbocycles. The van der Waals surface area contributed by atoms with Gasteiger partial charge in [0.15, 0.2) is 5.96 Å². The third kappa shape index (κ3) is 3.27. The minimum atomic E-state index is 0.174. The fraction of sp³-hybridized carbons (Fsp3) is 0.333. The molecule has 2 aromatic rings. The summed E-state index contributed by atoms with van der Waals surface area (Å²) in [5.41, 5.74) is 6.14. The topological polar surface area (TPSA) is 63.3 Å². The summed E-state index contributed by atoms with van der Waals surface area (Å²) in [6.45, 7) is 0.728. The lowest BCUT2D eigenvalue weighted by Crippen LogP contribution is -2.38. The summed E-state index contributed by atoms with van der Waals surface area (Å²) < 4.78 is 1.17. The van der Waals surface area contributed by atoms with Crippen molar-refractivity contribution in [3.63, 3.8) is 0 Å². The van der Waals surface area contributed by atoms with E-state index in [1.807, 2.05) is 18.2 Å². The molecule has 1 aliphatic carbocycles. The van der Waals surface area contributed by atoms with Gasteiger partial charge in [-0.1, -0.05) is 12.5 Å². The molecule has 0 radical (unpaired) electrons. The summed E-state index contributed by atoms with van der Waals surface area (Å²) in [4.78, 5) is 10.1. The molecule has 0 bridgehead atoms. The van der Waals surface area contributed by atoms with Gasteiger partial charge in [-0.3, -0.25) is 4.99 Å². The fourth-order valence-corrected chi connectivity index (χ4v) is 4.15. The van der Waals surface area contributed by atoms with Gasteiger partial charge in [-0.15, -0.1) is 11.3 Å². The highest BCUT2D eigenvalue weighted by Crippen LogP contribution is 2.47. The number of rotatable bonds is 4. The number of hydrogen-bond donors (Lipinski definition) is 2. The Bertz CT molecular complexity index is 634. The molecular formula is C15H17BrN4S. The summed E-state index contributed by atoms with van der Waals surface area (Å²) in [6.07, 6.45) is 5.35. The number of aliphatic imine (C=N–C) groups is 1. The van der Waals surface area contributed by atoms with E-state index in [4.69, 9.17) is 5.73 Å². The summed E-state index contributed by atoms with van der Waals surface area (Å²) in [6, 6.07) is 9.97. The number of aromatic nitrogens is 1. The lowest BCUT2D eigenvalue weighted by Gasteiger charge is -2.40. The minimum absolute atomic E-state index is 0.174. The quantitative estimate of drug-likeness (QED) is 0.641. The molecular weight excluding hydrogens is 348 g/mol. The molecule has 3 rings (SSSR count). The predicted molar refractivity (Wildman–Crippen MR) is 91.9 cm³/mol. The first-order valence-corrected chi connectivity index (χ1v) is 8.53. The number of nitrogens with zero attached hydrogens (tertiary/aromatic N) is 2. The Hall–Kier alpha value is -1.40. The molecule has 0 atom stereocenters. The van der Waals surface area contributed by atoms with Gasteiger partial charge in [-0.25, -0.2) is 4.98 Å². The van der Waals surface area contributed by atoms with E-state index >= 15 is 0 Å². The Balaban J connectivity index is 1.68. The molecule has 0 saturated heterocycles. The SMILES string of the molecule is NC(=NCC1(c2ccc(Br)s2)CCC1)Nc1ccccn1. The summed E-state index contributed by atoms with van der Waals surface area (Å²) in [5.74, 6) is 1.15. The first-order valence-electron chi connectivity index (χ1n) is 6.92. The van der Waals surface area contributed by atoms with Crippen molar-refractivity contribution in [3.05, 3.63) is 45.2 Å². The zero-order chi connectivity index (χ0) is 14.7. The van der Waals surface area contributed by atoms with Crippen LogP contribution in [0, 0.1) is 0 Å². The normalized spacial score (nSPS) is 17.3. The molecule has 110 valence electrons. The van der Waals surface area contributed by atoms with E-state index < -0.39 is 0 Å². The highest BCUT2D eigenvalue weighted by molar-refractivity contribution is 9.11. The Labute approximate surface area is 136 Å². The lowest BCUT2D eigenvalue weighted by atomic mass is 9.68. The Morgan fingerprint density at radius 2 is 2.24 bits per heavy atom. The molecule has 4 nitrogen and oxygen atoms in total. The molecule has 1 fully saturated rings. The van der Waals surface area contributed by atoms with E-state index in [0.717, 1.165) is 12.4 Å². The van der Waals surface area contributed by atoms with Crippen LogP contribution < -0.4 is 11.1 Å². The van der Waals surface area contributed by atoms with Crippen molar-refractivity contribution >= 4 is 39.0 Å². The van der Waals surface area contributed by atoms with Crippen molar-refractivity contribution in [1.82, 2.24) is 4.98 Å². The number of pyridine rings is 1. The molecule has 0 amide bonds. The van der Waals surface area contributed by atoms with Gasteiger partial charge in [0.2, 0.25) is 0 Å². The molecule has 1 aliphatic rings. The number of halogens is 1. The smallest absolute Gasteiger partial charge is 0.194 e. The molecule has 21 heavy (non-hydrogen) atoms. The zero-order valence-corrected chi connectivity index (χ0v) is 14.0. The Morgan fingerprint density at radius 1 is 1.38 bits per heavy atom. The van der Waals surface area contributed by atoms with Gasteiger partial charge in [-0.2, -0.15) is 0 Å². The van der Waals surface area contributed by atoms with Gasteiger partial charge in [0.25, 0.3) is 0 Å². The van der Waals surface area contributed by atoms with Crippen LogP contribution in [0.5, 0.6) is 0 Å². The molecule has 0 spiro atoms. The van der Waals surface area contributed by atoms with Gasteiger partial charge in [0.1, 0.15) is 5.82 Å². The first-order chi connectivity index (χ1) is 10.2. The predicted octanol–water partition coefficient (Wildman–Crippen LogP) is 3.75. The van der Waals surface area contributed by atoms with Gasteiger partial charge in [-0.05, 0) is 53.0 Å². The summed E-state index contributed by atoms with van der Waals surface area (Å²) in [7, 11) is 0. The monoisotopic (exact) mass is 364 g/mol. The van der Waals surface area contributed by atoms with Crippen LogP contribution in [0.3, 0.4) is 0 Å². The van der Waals surface area contributed by atoms with Crippen LogP contribution in [0.2, 0.25) is 0 Å². The number of nitrogens with one attached hydrogen (secondary N) is 1. The highest BCUT2D eigenvalue weighted by atomic mass is 79.9. The van der Waals surface area contributed by atoms with Gasteiger partial charge < -0.3 is 11.1 Å². The molecule has 2 heterocycles. The molecule has 3 N–H and O–H groups in total. The maximum atomic E-state index is 5.97. The van der Waals surface area contributed by atoms with E-state index in [1.165, 1.54) is 27.9 Å². The van der Waals surface area contributed by atoms with Crippen molar-refractivity contribution in [2.75, 3.05) is 11.9 Å². The average molecular weight is 365 g/mol. The van der Waals surface area contributed by atoms with Crippen LogP contribution in [0.25, 0.3) is 0 Å². The highest BCUT2D eigenvalue weighted by Gasteiger charge is 2.39. The van der Waals surface area contributed by atoms with E-state index in [9.17, 15) is 0 Å². The van der Waals surface area contributed by atoms with Gasteiger partial charge in [0, 0.05) is 16.5 Å². The van der Waals surface area contributed by atoms with Crippen LogP contribution in [0.4, 0.5) is 5.82 Å². The van der Waals surface area contributed by atoms with E-state index in [-0.39, 0.29) is 5.41 Å². The van der Waals surface area contributed by atoms with Gasteiger partial charge in [0.05, 0.1) is 10.3 Å². The number of thiophene rings is 1. The minimum Gasteiger partial charge on any atom is -0.370 e. The van der Waals surface area contributed by atoms with Crippen molar-refractivity contribution in [3.8, 4) is 0 Å².